The third-order valence-corrected chi connectivity index (χ3v) is 1.58. The molecule has 0 saturated heterocycles. The van der Waals surface area contributed by atoms with Crippen LogP contribution in [0.2, 0.25) is 0 Å². The van der Waals surface area contributed by atoms with Crippen molar-refractivity contribution < 1.29 is 13.2 Å². The zero-order valence-electron chi connectivity index (χ0n) is 8.34. The first-order valence-corrected chi connectivity index (χ1v) is 4.18. The Morgan fingerprint density at radius 3 is 2.53 bits per heavy atom. The topological polar surface area (TPSA) is 41.0 Å². The van der Waals surface area contributed by atoms with Crippen LogP contribution in [-0.2, 0) is 0 Å². The summed E-state index contributed by atoms with van der Waals surface area (Å²) >= 11 is 0. The Balaban J connectivity index is 2.66. The molecule has 1 aromatic heterocycles. The highest BCUT2D eigenvalue weighted by Crippen LogP contribution is 2.16. The number of anilines is 2. The molecule has 4 nitrogen and oxygen atoms in total. The fraction of sp³-hybridized carbons (Fsp3) is 0.500. The molecule has 0 amide bonds. The number of nitrogens with one attached hydrogen (secondary N) is 1. The van der Waals surface area contributed by atoms with Crippen molar-refractivity contribution in [1.29, 1.82) is 0 Å². The molecule has 15 heavy (non-hydrogen) atoms. The molecule has 0 fully saturated rings. The van der Waals surface area contributed by atoms with Crippen molar-refractivity contribution in [2.75, 3.05) is 30.9 Å². The Hall–Kier alpha value is -1.53. The number of rotatable bonds is 3. The Bertz CT molecular complexity index is 324. The Morgan fingerprint density at radius 1 is 1.33 bits per heavy atom. The number of hydrogen-bond acceptors (Lipinski definition) is 4. The van der Waals surface area contributed by atoms with Crippen LogP contribution < -0.4 is 10.2 Å². The van der Waals surface area contributed by atoms with Gasteiger partial charge in [-0.2, -0.15) is 13.2 Å². The van der Waals surface area contributed by atoms with Crippen LogP contribution in [-0.4, -0.2) is 36.8 Å². The van der Waals surface area contributed by atoms with Crippen molar-refractivity contribution in [1.82, 2.24) is 9.97 Å². The molecule has 0 spiro atoms. The zero-order valence-corrected chi connectivity index (χ0v) is 8.34. The second kappa shape index (κ2) is 4.33. The molecule has 0 aliphatic rings. The van der Waals surface area contributed by atoms with E-state index in [-0.39, 0.29) is 5.82 Å². The molecule has 84 valence electrons. The average molecular weight is 220 g/mol. The van der Waals surface area contributed by atoms with Crippen LogP contribution in [0.25, 0.3) is 0 Å². The van der Waals surface area contributed by atoms with Gasteiger partial charge in [-0.3, -0.25) is 0 Å². The van der Waals surface area contributed by atoms with Gasteiger partial charge in [0.25, 0.3) is 0 Å². The fourth-order valence-corrected chi connectivity index (χ4v) is 0.879. The van der Waals surface area contributed by atoms with Crippen LogP contribution in [0, 0.1) is 0 Å². The summed E-state index contributed by atoms with van der Waals surface area (Å²) in [6, 6.07) is 1.45. The van der Waals surface area contributed by atoms with E-state index in [0.29, 0.717) is 5.82 Å². The minimum absolute atomic E-state index is 0.158. The van der Waals surface area contributed by atoms with Gasteiger partial charge in [-0.25, -0.2) is 9.97 Å². The van der Waals surface area contributed by atoms with Crippen molar-refractivity contribution in [3.8, 4) is 0 Å². The molecule has 1 N–H and O–H groups in total. The van der Waals surface area contributed by atoms with Crippen LogP contribution in [0.3, 0.4) is 0 Å². The summed E-state index contributed by atoms with van der Waals surface area (Å²) in [6.45, 7) is -1.10. The molecule has 0 radical (unpaired) electrons. The lowest BCUT2D eigenvalue weighted by Crippen LogP contribution is -2.22. The van der Waals surface area contributed by atoms with Gasteiger partial charge in [0.1, 0.15) is 24.5 Å². The average Bonchev–Trinajstić information content (AvgIpc) is 2.14. The highest BCUT2D eigenvalue weighted by atomic mass is 19.4. The van der Waals surface area contributed by atoms with Gasteiger partial charge in [-0.05, 0) is 0 Å². The number of alkyl halides is 3. The normalized spacial score (nSPS) is 11.3. The van der Waals surface area contributed by atoms with Gasteiger partial charge in [0.2, 0.25) is 0 Å². The van der Waals surface area contributed by atoms with Gasteiger partial charge in [-0.15, -0.1) is 0 Å². The third-order valence-electron chi connectivity index (χ3n) is 1.58. The van der Waals surface area contributed by atoms with E-state index in [9.17, 15) is 13.2 Å². The molecule has 1 rings (SSSR count). The molecular weight excluding hydrogens is 209 g/mol. The van der Waals surface area contributed by atoms with E-state index in [1.165, 1.54) is 12.4 Å². The number of nitrogens with zero attached hydrogens (tertiary/aromatic N) is 3. The van der Waals surface area contributed by atoms with Gasteiger partial charge in [0, 0.05) is 20.2 Å². The summed E-state index contributed by atoms with van der Waals surface area (Å²) in [7, 11) is 3.49. The number of halogens is 3. The first-order chi connectivity index (χ1) is 6.88. The van der Waals surface area contributed by atoms with Crippen LogP contribution in [0.5, 0.6) is 0 Å². The Kier molecular flexibility index (Phi) is 3.33. The maximum atomic E-state index is 11.9. The molecule has 7 heteroatoms. The van der Waals surface area contributed by atoms with E-state index in [2.05, 4.69) is 15.3 Å². The second-order valence-corrected chi connectivity index (χ2v) is 3.12. The lowest BCUT2D eigenvalue weighted by molar-refractivity contribution is -0.115. The zero-order chi connectivity index (χ0) is 11.5. The number of hydrogen-bond donors (Lipinski definition) is 1. The van der Waals surface area contributed by atoms with Crippen LogP contribution in [0.4, 0.5) is 24.8 Å². The Morgan fingerprint density at radius 2 is 2.00 bits per heavy atom. The summed E-state index contributed by atoms with van der Waals surface area (Å²) in [4.78, 5) is 9.23. The van der Waals surface area contributed by atoms with Gasteiger partial charge in [0.15, 0.2) is 0 Å². The van der Waals surface area contributed by atoms with Crippen molar-refractivity contribution in [2.45, 2.75) is 6.18 Å². The standard InChI is InChI=1S/C8H11F3N4/c1-15(2)7-3-6(13-5-14-7)12-4-8(9,10)11/h3,5H,4H2,1-2H3,(H,12,13,14). The van der Waals surface area contributed by atoms with E-state index in [0.717, 1.165) is 0 Å². The molecule has 0 bridgehead atoms. The second-order valence-electron chi connectivity index (χ2n) is 3.12. The molecule has 1 heterocycles. The maximum Gasteiger partial charge on any atom is 0.405 e. The van der Waals surface area contributed by atoms with Crippen molar-refractivity contribution in [3.63, 3.8) is 0 Å². The SMILES string of the molecule is CN(C)c1cc(NCC(F)(F)F)ncn1. The molecule has 0 aliphatic heterocycles. The van der Waals surface area contributed by atoms with E-state index in [1.807, 2.05) is 0 Å². The first-order valence-electron chi connectivity index (χ1n) is 4.18. The molecule has 0 aromatic carbocycles. The lowest BCUT2D eigenvalue weighted by Gasteiger charge is -2.13. The summed E-state index contributed by atoms with van der Waals surface area (Å²) in [5.41, 5.74) is 0. The molecule has 1 aromatic rings. The van der Waals surface area contributed by atoms with Gasteiger partial charge < -0.3 is 10.2 Å². The monoisotopic (exact) mass is 220 g/mol. The largest absolute Gasteiger partial charge is 0.405 e. The Labute approximate surface area is 85.1 Å². The van der Waals surface area contributed by atoms with E-state index in [1.54, 1.807) is 19.0 Å². The van der Waals surface area contributed by atoms with E-state index in [4.69, 9.17) is 0 Å². The summed E-state index contributed by atoms with van der Waals surface area (Å²) in [5.74, 6) is 0.709. The van der Waals surface area contributed by atoms with Crippen molar-refractivity contribution >= 4 is 11.6 Å². The molecule has 0 unspecified atom stereocenters. The van der Waals surface area contributed by atoms with Gasteiger partial charge >= 0.3 is 6.18 Å². The lowest BCUT2D eigenvalue weighted by atomic mass is 10.5. The molecule has 0 atom stereocenters. The van der Waals surface area contributed by atoms with E-state index >= 15 is 0 Å². The van der Waals surface area contributed by atoms with Crippen molar-refractivity contribution in [2.24, 2.45) is 0 Å². The quantitative estimate of drug-likeness (QED) is 0.838. The predicted octanol–water partition coefficient (Wildman–Crippen LogP) is 1.52. The highest BCUT2D eigenvalue weighted by Gasteiger charge is 2.26. The highest BCUT2D eigenvalue weighted by molar-refractivity contribution is 5.47. The first kappa shape index (κ1) is 11.5. The summed E-state index contributed by atoms with van der Waals surface area (Å²) in [6.07, 6.45) is -3.03. The smallest absolute Gasteiger partial charge is 0.363 e. The maximum absolute atomic E-state index is 11.9. The predicted molar refractivity (Wildman–Crippen MR) is 50.9 cm³/mol. The summed E-state index contributed by atoms with van der Waals surface area (Å²) in [5, 5.41) is 2.18. The van der Waals surface area contributed by atoms with E-state index < -0.39 is 12.7 Å². The van der Waals surface area contributed by atoms with Crippen LogP contribution >= 0.6 is 0 Å². The fourth-order valence-electron chi connectivity index (χ4n) is 0.879. The molecule has 0 saturated carbocycles. The van der Waals surface area contributed by atoms with Gasteiger partial charge in [-0.1, -0.05) is 0 Å². The van der Waals surface area contributed by atoms with Crippen LogP contribution in [0.15, 0.2) is 12.4 Å². The summed E-state index contributed by atoms with van der Waals surface area (Å²) < 4.78 is 35.7. The third kappa shape index (κ3) is 4.01. The minimum atomic E-state index is -4.25. The van der Waals surface area contributed by atoms with Crippen molar-refractivity contribution in [3.05, 3.63) is 12.4 Å². The van der Waals surface area contributed by atoms with Crippen LogP contribution in [0.1, 0.15) is 0 Å². The molecule has 0 aliphatic carbocycles. The number of aromatic nitrogens is 2. The molecular formula is C8H11F3N4. The van der Waals surface area contributed by atoms with Gasteiger partial charge in [0.05, 0.1) is 0 Å². The minimum Gasteiger partial charge on any atom is -0.363 e.